The minimum Gasteiger partial charge on any atom is -0.458 e. The summed E-state index contributed by atoms with van der Waals surface area (Å²) in [4.78, 5) is 26.7. The van der Waals surface area contributed by atoms with Gasteiger partial charge in [0.25, 0.3) is 5.71 Å². The minimum absolute atomic E-state index is 0.0626. The molecule has 0 N–H and O–H groups in total. The van der Waals surface area contributed by atoms with Gasteiger partial charge in [-0.25, -0.2) is 14.6 Å². The molecule has 8 heteroatoms. The lowest BCUT2D eigenvalue weighted by Gasteiger charge is -2.07. The van der Waals surface area contributed by atoms with E-state index in [2.05, 4.69) is 14.9 Å². The Kier molecular flexibility index (Phi) is 3.43. The first-order valence-corrected chi connectivity index (χ1v) is 6.42. The van der Waals surface area contributed by atoms with E-state index >= 15 is 0 Å². The van der Waals surface area contributed by atoms with Crippen LogP contribution in [0.1, 0.15) is 23.0 Å². The number of carbonyl (C=O) groups is 2. The Morgan fingerprint density at radius 3 is 3.10 bits per heavy atom. The molecule has 0 amide bonds. The van der Waals surface area contributed by atoms with Gasteiger partial charge in [-0.05, 0) is 12.5 Å². The van der Waals surface area contributed by atoms with E-state index in [1.54, 1.807) is 6.07 Å². The van der Waals surface area contributed by atoms with E-state index < -0.39 is 18.2 Å². The van der Waals surface area contributed by atoms with E-state index in [4.69, 9.17) is 14.0 Å². The summed E-state index contributed by atoms with van der Waals surface area (Å²) in [5.74, 6) is -0.560. The number of fused-ring (bicyclic) bond motifs is 1. The molecule has 8 nitrogen and oxygen atoms in total. The fraction of sp³-hybridized carbons (Fsp3) is 0.385. The zero-order chi connectivity index (χ0) is 14.8. The molecule has 3 rings (SSSR count). The zero-order valence-corrected chi connectivity index (χ0v) is 11.2. The lowest BCUT2D eigenvalue weighted by molar-refractivity contribution is 0.0300. The molecule has 1 aliphatic heterocycles. The van der Waals surface area contributed by atoms with Crippen LogP contribution in [0.25, 0.3) is 11.1 Å². The summed E-state index contributed by atoms with van der Waals surface area (Å²) in [5.41, 5.74) is 1.39. The Morgan fingerprint density at radius 1 is 1.52 bits per heavy atom. The average Bonchev–Trinajstić information content (AvgIpc) is 3.09. The lowest BCUT2D eigenvalue weighted by atomic mass is 10.2. The average molecular weight is 292 g/mol. The number of rotatable bonds is 4. The van der Waals surface area contributed by atoms with Crippen LogP contribution < -0.4 is 0 Å². The van der Waals surface area contributed by atoms with E-state index in [1.807, 2.05) is 6.92 Å². The summed E-state index contributed by atoms with van der Waals surface area (Å²) >= 11 is 0. The number of cyclic esters (lactones) is 2. The van der Waals surface area contributed by atoms with Crippen LogP contribution in [-0.2, 0) is 20.6 Å². The molecule has 1 unspecified atom stereocenters. The zero-order valence-electron chi connectivity index (χ0n) is 11.2. The molecule has 110 valence electrons. The second kappa shape index (κ2) is 5.39. The number of aryl methyl sites for hydroxylation is 1. The fourth-order valence-electron chi connectivity index (χ4n) is 1.95. The van der Waals surface area contributed by atoms with Crippen molar-refractivity contribution in [1.29, 1.82) is 0 Å². The Labute approximate surface area is 119 Å². The van der Waals surface area contributed by atoms with Crippen molar-refractivity contribution >= 4 is 23.2 Å². The Balaban J connectivity index is 1.70. The van der Waals surface area contributed by atoms with Gasteiger partial charge in [-0.3, -0.25) is 0 Å². The number of aromatic nitrogens is 2. The Bertz CT molecular complexity index is 695. The molecule has 3 heterocycles. The van der Waals surface area contributed by atoms with Gasteiger partial charge in [0.05, 0.1) is 16.6 Å². The molecule has 1 atom stereocenters. The molecular formula is C13H12N2O6. The highest BCUT2D eigenvalue weighted by molar-refractivity contribution is 5.93. The van der Waals surface area contributed by atoms with Crippen molar-refractivity contribution in [2.45, 2.75) is 19.4 Å². The molecule has 0 bridgehead atoms. The SMILES string of the molecule is CCc1noc2ncc(C(=O)OCC3COC(=O)O3)cc12. The highest BCUT2D eigenvalue weighted by Crippen LogP contribution is 2.18. The van der Waals surface area contributed by atoms with Crippen LogP contribution in [0.2, 0.25) is 0 Å². The molecule has 0 saturated carbocycles. The van der Waals surface area contributed by atoms with Crippen molar-refractivity contribution in [3.8, 4) is 0 Å². The monoisotopic (exact) mass is 292 g/mol. The van der Waals surface area contributed by atoms with Crippen LogP contribution in [0.3, 0.4) is 0 Å². The van der Waals surface area contributed by atoms with Gasteiger partial charge in [-0.2, -0.15) is 0 Å². The van der Waals surface area contributed by atoms with Crippen LogP contribution in [0.5, 0.6) is 0 Å². The van der Waals surface area contributed by atoms with E-state index in [0.717, 1.165) is 5.69 Å². The number of carbonyl (C=O) groups excluding carboxylic acids is 2. The summed E-state index contributed by atoms with van der Waals surface area (Å²) < 4.78 is 19.5. The predicted octanol–water partition coefficient (Wildman–Crippen LogP) is 1.48. The number of esters is 1. The first kappa shape index (κ1) is 13.3. The molecule has 1 fully saturated rings. The minimum atomic E-state index is -0.754. The van der Waals surface area contributed by atoms with Crippen molar-refractivity contribution in [2.75, 3.05) is 13.2 Å². The van der Waals surface area contributed by atoms with Crippen LogP contribution in [0, 0.1) is 0 Å². The number of pyridine rings is 1. The summed E-state index contributed by atoms with van der Waals surface area (Å²) in [5, 5.41) is 4.55. The quantitative estimate of drug-likeness (QED) is 0.781. The molecule has 0 aliphatic carbocycles. The topological polar surface area (TPSA) is 101 Å². The van der Waals surface area contributed by atoms with Crippen LogP contribution in [0.4, 0.5) is 4.79 Å². The van der Waals surface area contributed by atoms with Crippen molar-refractivity contribution in [1.82, 2.24) is 10.1 Å². The maximum Gasteiger partial charge on any atom is 0.508 e. The second-order valence-corrected chi connectivity index (χ2v) is 4.46. The van der Waals surface area contributed by atoms with Gasteiger partial charge in [0.2, 0.25) is 0 Å². The van der Waals surface area contributed by atoms with Crippen LogP contribution in [0.15, 0.2) is 16.8 Å². The van der Waals surface area contributed by atoms with E-state index in [0.29, 0.717) is 17.5 Å². The molecule has 0 radical (unpaired) electrons. The first-order valence-electron chi connectivity index (χ1n) is 6.42. The van der Waals surface area contributed by atoms with Gasteiger partial charge in [0.15, 0.2) is 6.10 Å². The maximum atomic E-state index is 12.0. The third-order valence-corrected chi connectivity index (χ3v) is 3.03. The molecule has 21 heavy (non-hydrogen) atoms. The summed E-state index contributed by atoms with van der Waals surface area (Å²) in [6, 6.07) is 1.62. The van der Waals surface area contributed by atoms with Crippen LogP contribution in [-0.4, -0.2) is 41.6 Å². The Hall–Kier alpha value is -2.64. The Morgan fingerprint density at radius 2 is 2.38 bits per heavy atom. The second-order valence-electron chi connectivity index (χ2n) is 4.46. The highest BCUT2D eigenvalue weighted by Gasteiger charge is 2.26. The molecule has 0 aromatic carbocycles. The third kappa shape index (κ3) is 2.64. The largest absolute Gasteiger partial charge is 0.508 e. The third-order valence-electron chi connectivity index (χ3n) is 3.03. The van der Waals surface area contributed by atoms with Crippen LogP contribution >= 0.6 is 0 Å². The normalized spacial score (nSPS) is 17.6. The summed E-state index contributed by atoms with van der Waals surface area (Å²) in [6.45, 7) is 1.94. The standard InChI is InChI=1S/C13H12N2O6/c1-2-10-9-3-7(4-14-11(9)21-15-10)12(16)18-5-8-6-19-13(17)20-8/h3-4,8H,2,5-6H2,1H3. The van der Waals surface area contributed by atoms with Crippen molar-refractivity contribution < 1.29 is 28.3 Å². The predicted molar refractivity (Wildman–Crippen MR) is 67.7 cm³/mol. The van der Waals surface area contributed by atoms with Crippen molar-refractivity contribution in [2.24, 2.45) is 0 Å². The van der Waals surface area contributed by atoms with E-state index in [1.165, 1.54) is 6.20 Å². The van der Waals surface area contributed by atoms with Gasteiger partial charge in [-0.15, -0.1) is 0 Å². The lowest BCUT2D eigenvalue weighted by Crippen LogP contribution is -2.20. The summed E-state index contributed by atoms with van der Waals surface area (Å²) in [7, 11) is 0. The number of hydrogen-bond acceptors (Lipinski definition) is 8. The molecule has 1 saturated heterocycles. The maximum absolute atomic E-state index is 12.0. The van der Waals surface area contributed by atoms with Gasteiger partial charge in [0, 0.05) is 6.20 Å². The van der Waals surface area contributed by atoms with Gasteiger partial charge in [-0.1, -0.05) is 12.1 Å². The van der Waals surface area contributed by atoms with Gasteiger partial charge >= 0.3 is 12.1 Å². The molecular weight excluding hydrogens is 280 g/mol. The van der Waals surface area contributed by atoms with Crippen molar-refractivity contribution in [3.63, 3.8) is 0 Å². The fourth-order valence-corrected chi connectivity index (χ4v) is 1.95. The van der Waals surface area contributed by atoms with Gasteiger partial charge in [0.1, 0.15) is 13.2 Å². The van der Waals surface area contributed by atoms with E-state index in [9.17, 15) is 9.59 Å². The molecule has 2 aromatic heterocycles. The molecule has 1 aliphatic rings. The smallest absolute Gasteiger partial charge is 0.458 e. The number of nitrogens with zero attached hydrogens (tertiary/aromatic N) is 2. The van der Waals surface area contributed by atoms with Crippen molar-refractivity contribution in [3.05, 3.63) is 23.5 Å². The number of hydrogen-bond donors (Lipinski definition) is 0. The highest BCUT2D eigenvalue weighted by atomic mass is 16.8. The summed E-state index contributed by atoms with van der Waals surface area (Å²) in [6.07, 6.45) is 0.700. The first-order chi connectivity index (χ1) is 10.2. The van der Waals surface area contributed by atoms with E-state index in [-0.39, 0.29) is 18.8 Å². The van der Waals surface area contributed by atoms with Gasteiger partial charge < -0.3 is 18.7 Å². The molecule has 0 spiro atoms. The molecule has 2 aromatic rings. The number of ether oxygens (including phenoxy) is 3.